The lowest BCUT2D eigenvalue weighted by molar-refractivity contribution is -0.0990. The highest BCUT2D eigenvalue weighted by molar-refractivity contribution is 4.83. The van der Waals surface area contributed by atoms with Gasteiger partial charge < -0.3 is 9.64 Å². The van der Waals surface area contributed by atoms with Gasteiger partial charge in [0.25, 0.3) is 0 Å². The van der Waals surface area contributed by atoms with Crippen molar-refractivity contribution < 1.29 is 9.13 Å². The molecule has 2 aliphatic heterocycles. The summed E-state index contributed by atoms with van der Waals surface area (Å²) in [5, 5.41) is 0. The SMILES string of the molecule is CCN1CCC(OC2CCN(CC(C)C)CC2F)CC1. The summed E-state index contributed by atoms with van der Waals surface area (Å²) in [6.07, 6.45) is 2.27. The maximum atomic E-state index is 14.3. The zero-order valence-electron chi connectivity index (χ0n) is 13.4. The van der Waals surface area contributed by atoms with Crippen molar-refractivity contribution in [1.29, 1.82) is 0 Å². The number of ether oxygens (including phenoxy) is 1. The normalized spacial score (nSPS) is 31.1. The molecule has 0 aromatic heterocycles. The van der Waals surface area contributed by atoms with Crippen molar-refractivity contribution in [3.63, 3.8) is 0 Å². The molecule has 20 heavy (non-hydrogen) atoms. The first-order chi connectivity index (χ1) is 9.58. The first-order valence-corrected chi connectivity index (χ1v) is 8.32. The van der Waals surface area contributed by atoms with Crippen molar-refractivity contribution >= 4 is 0 Å². The number of rotatable bonds is 5. The summed E-state index contributed by atoms with van der Waals surface area (Å²) in [6.45, 7) is 12.4. The van der Waals surface area contributed by atoms with E-state index in [0.717, 1.165) is 52.0 Å². The average molecular weight is 286 g/mol. The molecule has 3 nitrogen and oxygen atoms in total. The van der Waals surface area contributed by atoms with Gasteiger partial charge in [-0.25, -0.2) is 4.39 Å². The van der Waals surface area contributed by atoms with Crippen LogP contribution in [0.15, 0.2) is 0 Å². The van der Waals surface area contributed by atoms with Crippen LogP contribution in [0.1, 0.15) is 40.0 Å². The molecule has 2 aliphatic rings. The van der Waals surface area contributed by atoms with Crippen molar-refractivity contribution in [1.82, 2.24) is 9.80 Å². The molecule has 2 unspecified atom stereocenters. The second kappa shape index (κ2) is 7.71. The van der Waals surface area contributed by atoms with Crippen LogP contribution in [0.2, 0.25) is 0 Å². The number of alkyl halides is 1. The third-order valence-corrected chi connectivity index (χ3v) is 4.54. The second-order valence-electron chi connectivity index (χ2n) is 6.77. The zero-order valence-corrected chi connectivity index (χ0v) is 13.4. The number of hydrogen-bond donors (Lipinski definition) is 0. The van der Waals surface area contributed by atoms with Gasteiger partial charge in [-0.1, -0.05) is 20.8 Å². The Morgan fingerprint density at radius 1 is 1.10 bits per heavy atom. The minimum absolute atomic E-state index is 0.170. The van der Waals surface area contributed by atoms with Gasteiger partial charge in [0.15, 0.2) is 0 Å². The number of halogens is 1. The summed E-state index contributed by atoms with van der Waals surface area (Å²) in [5.41, 5.74) is 0. The fraction of sp³-hybridized carbons (Fsp3) is 1.00. The highest BCUT2D eigenvalue weighted by atomic mass is 19.1. The monoisotopic (exact) mass is 286 g/mol. The van der Waals surface area contributed by atoms with Crippen molar-refractivity contribution in [2.75, 3.05) is 39.3 Å². The van der Waals surface area contributed by atoms with Crippen molar-refractivity contribution in [2.24, 2.45) is 5.92 Å². The van der Waals surface area contributed by atoms with Crippen LogP contribution in [0.3, 0.4) is 0 Å². The number of hydrogen-bond acceptors (Lipinski definition) is 3. The van der Waals surface area contributed by atoms with E-state index < -0.39 is 6.17 Å². The van der Waals surface area contributed by atoms with Gasteiger partial charge in [0.2, 0.25) is 0 Å². The van der Waals surface area contributed by atoms with E-state index in [1.165, 1.54) is 0 Å². The molecule has 2 saturated heterocycles. The van der Waals surface area contributed by atoms with Gasteiger partial charge in [0.1, 0.15) is 6.17 Å². The van der Waals surface area contributed by atoms with E-state index in [2.05, 4.69) is 30.6 Å². The Morgan fingerprint density at radius 3 is 2.30 bits per heavy atom. The molecule has 2 fully saturated rings. The molecule has 2 atom stereocenters. The minimum atomic E-state index is -0.813. The van der Waals surface area contributed by atoms with Crippen LogP contribution in [0.4, 0.5) is 4.39 Å². The van der Waals surface area contributed by atoms with E-state index in [4.69, 9.17) is 4.74 Å². The van der Waals surface area contributed by atoms with Crippen LogP contribution in [0.5, 0.6) is 0 Å². The lowest BCUT2D eigenvalue weighted by atomic mass is 10.0. The van der Waals surface area contributed by atoms with Crippen LogP contribution in [0, 0.1) is 5.92 Å². The molecule has 0 N–H and O–H groups in total. The topological polar surface area (TPSA) is 15.7 Å². The minimum Gasteiger partial charge on any atom is -0.372 e. The van der Waals surface area contributed by atoms with Gasteiger partial charge in [-0.3, -0.25) is 4.90 Å². The number of likely N-dealkylation sites (tertiary alicyclic amines) is 2. The molecule has 2 heterocycles. The fourth-order valence-corrected chi connectivity index (χ4v) is 3.39. The molecule has 0 saturated carbocycles. The van der Waals surface area contributed by atoms with Gasteiger partial charge in [0, 0.05) is 32.7 Å². The maximum absolute atomic E-state index is 14.3. The fourth-order valence-electron chi connectivity index (χ4n) is 3.39. The van der Waals surface area contributed by atoms with Crippen LogP contribution >= 0.6 is 0 Å². The third kappa shape index (κ3) is 4.68. The molecule has 4 heteroatoms. The Morgan fingerprint density at radius 2 is 1.75 bits per heavy atom. The van der Waals surface area contributed by atoms with E-state index in [0.29, 0.717) is 12.5 Å². The Kier molecular flexibility index (Phi) is 6.24. The van der Waals surface area contributed by atoms with E-state index >= 15 is 0 Å². The summed E-state index contributed by atoms with van der Waals surface area (Å²) >= 11 is 0. The van der Waals surface area contributed by atoms with Crippen molar-refractivity contribution in [3.8, 4) is 0 Å². The summed E-state index contributed by atoms with van der Waals surface area (Å²) < 4.78 is 20.3. The van der Waals surface area contributed by atoms with Crippen LogP contribution in [-0.4, -0.2) is 67.4 Å². The Bertz CT molecular complexity index is 280. The van der Waals surface area contributed by atoms with Crippen molar-refractivity contribution in [3.05, 3.63) is 0 Å². The summed E-state index contributed by atoms with van der Waals surface area (Å²) in [5.74, 6) is 0.609. The van der Waals surface area contributed by atoms with Gasteiger partial charge in [-0.15, -0.1) is 0 Å². The Labute approximate surface area is 123 Å². The predicted molar refractivity (Wildman–Crippen MR) is 80.8 cm³/mol. The van der Waals surface area contributed by atoms with Gasteiger partial charge in [-0.05, 0) is 31.7 Å². The van der Waals surface area contributed by atoms with Crippen LogP contribution in [-0.2, 0) is 4.74 Å². The standard InChI is InChI=1S/C16H31FN2O/c1-4-18-8-5-14(6-9-18)20-16-7-10-19(11-13(2)3)12-15(16)17/h13-16H,4-12H2,1-3H3. The van der Waals surface area contributed by atoms with E-state index in [1.54, 1.807) is 0 Å². The van der Waals surface area contributed by atoms with Gasteiger partial charge in [0.05, 0.1) is 12.2 Å². The molecule has 0 amide bonds. The molecule has 118 valence electrons. The van der Waals surface area contributed by atoms with E-state index in [9.17, 15) is 4.39 Å². The number of piperidine rings is 2. The smallest absolute Gasteiger partial charge is 0.139 e. The van der Waals surface area contributed by atoms with Gasteiger partial charge >= 0.3 is 0 Å². The Hall–Kier alpha value is -0.190. The highest BCUT2D eigenvalue weighted by Crippen LogP contribution is 2.23. The predicted octanol–water partition coefficient (Wildman–Crippen LogP) is 2.56. The molecule has 0 spiro atoms. The maximum Gasteiger partial charge on any atom is 0.139 e. The van der Waals surface area contributed by atoms with E-state index in [-0.39, 0.29) is 12.2 Å². The molecule has 2 rings (SSSR count). The molecular formula is C16H31FN2O. The zero-order chi connectivity index (χ0) is 14.5. The van der Waals surface area contributed by atoms with Crippen LogP contribution in [0.25, 0.3) is 0 Å². The van der Waals surface area contributed by atoms with Crippen LogP contribution < -0.4 is 0 Å². The summed E-state index contributed by atoms with van der Waals surface area (Å²) in [6, 6.07) is 0. The third-order valence-electron chi connectivity index (χ3n) is 4.54. The highest BCUT2D eigenvalue weighted by Gasteiger charge is 2.32. The molecule has 0 radical (unpaired) electrons. The Balaban J connectivity index is 1.72. The molecule has 0 aliphatic carbocycles. The van der Waals surface area contributed by atoms with E-state index in [1.807, 2.05) is 0 Å². The summed E-state index contributed by atoms with van der Waals surface area (Å²) in [4.78, 5) is 4.69. The second-order valence-corrected chi connectivity index (χ2v) is 6.77. The molecular weight excluding hydrogens is 255 g/mol. The first kappa shape index (κ1) is 16.2. The van der Waals surface area contributed by atoms with Gasteiger partial charge in [-0.2, -0.15) is 0 Å². The lowest BCUT2D eigenvalue weighted by Gasteiger charge is -2.39. The number of nitrogens with zero attached hydrogens (tertiary/aromatic N) is 2. The van der Waals surface area contributed by atoms with Crippen molar-refractivity contribution in [2.45, 2.75) is 58.4 Å². The summed E-state index contributed by atoms with van der Waals surface area (Å²) in [7, 11) is 0. The molecule has 0 bridgehead atoms. The first-order valence-electron chi connectivity index (χ1n) is 8.32. The molecule has 0 aromatic carbocycles. The largest absolute Gasteiger partial charge is 0.372 e. The lowest BCUT2D eigenvalue weighted by Crippen LogP contribution is -2.49. The quantitative estimate of drug-likeness (QED) is 0.772. The average Bonchev–Trinajstić information content (AvgIpc) is 2.42. The molecule has 0 aromatic rings.